The van der Waals surface area contributed by atoms with Crippen molar-refractivity contribution < 1.29 is 34.9 Å². The average molecular weight is 808 g/mol. The summed E-state index contributed by atoms with van der Waals surface area (Å²) in [6, 6.07) is 49.3. The number of imidazole rings is 2. The summed E-state index contributed by atoms with van der Waals surface area (Å²) in [7, 11) is -4.31. The van der Waals surface area contributed by atoms with Gasteiger partial charge in [0.25, 0.3) is 0 Å². The van der Waals surface area contributed by atoms with Crippen LogP contribution in [0.5, 0.6) is 11.5 Å². The van der Waals surface area contributed by atoms with Crippen LogP contribution >= 0.6 is 0 Å². The SMILES string of the molecule is [2H]C([2H])([2H])C([2H])(C([2H])([2H])[2H])C([2H])([2H])C([2H])([2H])C1(C([2H])([2H])C([2H])([2H])C([2H])(C([2H])([2H])[2H])C([2H])([2H])[2H])c2ccccc2Oc2c1cccc2[Si](c1ccccc1)(c1ccccc1)c1cccc(-n2c3ccccc3n3c4ccccc4nc23)c1. The molecule has 3 heterocycles. The summed E-state index contributed by atoms with van der Waals surface area (Å²) in [6.45, 7) is -17.2. The van der Waals surface area contributed by atoms with Crippen LogP contribution in [-0.4, -0.2) is 22.0 Å². The standard InChI is InChI=1S/C54H51N3OSi/c1-38(2)33-35-54(36-34-39(3)4)44-25-11-16-31-50(44)58-52-45(54)26-18-32-51(52)59(41-20-7-5-8-21-41,42-22-9-6-10-23-42)43-24-17-19-40(37-43)56-48-29-14-15-30-49(48)57-47-28-13-12-27-46(47)55-53(56)57/h5-32,37-39H,33-36H2,1-4H3/i1D3,2D3,3D3,4D3,33D2,34D2,35D2,36D2,38D,39D. The van der Waals surface area contributed by atoms with Crippen LogP contribution < -0.4 is 25.5 Å². The molecule has 0 aliphatic carbocycles. The van der Waals surface area contributed by atoms with Gasteiger partial charge < -0.3 is 4.74 Å². The van der Waals surface area contributed by atoms with Gasteiger partial charge in [-0.2, -0.15) is 0 Å². The number of hydrogen-bond acceptors (Lipinski definition) is 2. The van der Waals surface area contributed by atoms with Gasteiger partial charge in [-0.25, -0.2) is 4.98 Å². The zero-order valence-electron chi connectivity index (χ0n) is 53.5. The minimum Gasteiger partial charge on any atom is -0.457 e. The smallest absolute Gasteiger partial charge is 0.220 e. The third-order valence-electron chi connectivity index (χ3n) is 11.1. The first-order chi connectivity index (χ1) is 37.6. The number of ether oxygens (including phenoxy) is 1. The maximum absolute atomic E-state index is 10.4. The molecule has 10 rings (SSSR count). The Morgan fingerprint density at radius 1 is 0.610 bits per heavy atom. The summed E-state index contributed by atoms with van der Waals surface area (Å²) >= 11 is 0. The van der Waals surface area contributed by atoms with Gasteiger partial charge in [-0.3, -0.25) is 8.97 Å². The van der Waals surface area contributed by atoms with Crippen molar-refractivity contribution in [2.24, 2.45) is 11.8 Å². The number of nitrogens with zero attached hydrogens (tertiary/aromatic N) is 3. The summed E-state index contributed by atoms with van der Waals surface area (Å²) in [5.41, 5.74) is -2.00. The van der Waals surface area contributed by atoms with Crippen LogP contribution in [0.3, 0.4) is 0 Å². The minimum absolute atomic E-state index is 0.128. The molecular formula is C54H51N3OSi. The molecule has 0 bridgehead atoms. The summed E-state index contributed by atoms with van der Waals surface area (Å²) < 4.78 is 212. The highest BCUT2D eigenvalue weighted by Crippen LogP contribution is 2.53. The van der Waals surface area contributed by atoms with E-state index < -0.39 is 101 Å². The minimum atomic E-state index is -4.72. The number of para-hydroxylation sites is 6. The molecule has 0 radical (unpaired) electrons. The molecule has 2 aromatic heterocycles. The molecule has 9 aromatic rings. The lowest BCUT2D eigenvalue weighted by atomic mass is 9.65. The van der Waals surface area contributed by atoms with Crippen LogP contribution in [0.25, 0.3) is 33.5 Å². The molecule has 4 nitrogen and oxygen atoms in total. The van der Waals surface area contributed by atoms with Crippen LogP contribution in [0, 0.1) is 11.8 Å². The molecule has 0 spiro atoms. The predicted octanol–water partition coefficient (Wildman–Crippen LogP) is 11.1. The molecule has 0 saturated carbocycles. The fourth-order valence-corrected chi connectivity index (χ4v) is 13.7. The van der Waals surface area contributed by atoms with E-state index in [2.05, 4.69) is 0 Å². The Morgan fingerprint density at radius 3 is 1.90 bits per heavy atom. The summed E-state index contributed by atoms with van der Waals surface area (Å²) in [5, 5.41) is 1.91. The Hall–Kier alpha value is -6.17. The zero-order chi connectivity index (χ0) is 59.2. The van der Waals surface area contributed by atoms with Crippen molar-refractivity contribution in [3.63, 3.8) is 0 Å². The number of aromatic nitrogens is 3. The first-order valence-electron chi connectivity index (χ1n) is 30.1. The van der Waals surface area contributed by atoms with Gasteiger partial charge in [0.05, 0.1) is 22.1 Å². The van der Waals surface area contributed by atoms with Gasteiger partial charge in [0, 0.05) is 52.4 Å². The Bertz CT molecular complexity index is 3750. The molecule has 1 aliphatic rings. The zero-order valence-corrected chi connectivity index (χ0v) is 32.5. The second-order valence-corrected chi connectivity index (χ2v) is 18.1. The lowest BCUT2D eigenvalue weighted by Crippen LogP contribution is -2.75. The van der Waals surface area contributed by atoms with E-state index in [0.717, 1.165) is 28.7 Å². The Kier molecular flexibility index (Phi) is 5.10. The van der Waals surface area contributed by atoms with Crippen molar-refractivity contribution in [3.05, 3.63) is 187 Å². The Labute approximate surface area is 379 Å². The fourth-order valence-electron chi connectivity index (χ4n) is 8.80. The monoisotopic (exact) mass is 808 g/mol. The van der Waals surface area contributed by atoms with Crippen LogP contribution in [0.15, 0.2) is 176 Å². The van der Waals surface area contributed by atoms with Gasteiger partial charge in [-0.05, 0) is 100 Å². The molecule has 0 fully saturated rings. The molecule has 0 unspecified atom stereocenters. The molecule has 292 valence electrons. The van der Waals surface area contributed by atoms with E-state index in [-0.39, 0.29) is 5.19 Å². The maximum atomic E-state index is 10.4. The highest BCUT2D eigenvalue weighted by Gasteiger charge is 2.49. The summed E-state index contributed by atoms with van der Waals surface area (Å²) in [4.78, 5) is 5.09. The molecule has 5 heteroatoms. The van der Waals surface area contributed by atoms with E-state index in [9.17, 15) is 13.7 Å². The van der Waals surface area contributed by atoms with Crippen LogP contribution in [0.4, 0.5) is 0 Å². The van der Waals surface area contributed by atoms with E-state index in [1.165, 1.54) is 24.3 Å². The third kappa shape index (κ3) is 5.97. The molecule has 0 N–H and O–H groups in total. The highest BCUT2D eigenvalue weighted by molar-refractivity contribution is 7.20. The fraction of sp³-hybridized carbons (Fsp3) is 0.204. The molecular weight excluding hydrogens is 735 g/mol. The largest absolute Gasteiger partial charge is 0.457 e. The molecule has 59 heavy (non-hydrogen) atoms. The van der Waals surface area contributed by atoms with Gasteiger partial charge in [-0.1, -0.05) is 161 Å². The van der Waals surface area contributed by atoms with Crippen LogP contribution in [-0.2, 0) is 5.41 Å². The lowest BCUT2D eigenvalue weighted by Gasteiger charge is -2.44. The van der Waals surface area contributed by atoms with E-state index >= 15 is 0 Å². The van der Waals surface area contributed by atoms with Gasteiger partial charge in [0.2, 0.25) is 5.78 Å². The summed E-state index contributed by atoms with van der Waals surface area (Å²) in [5.74, 6) is -9.64. The van der Waals surface area contributed by atoms with Gasteiger partial charge in [0.1, 0.15) is 11.5 Å². The molecule has 0 saturated heterocycles. The van der Waals surface area contributed by atoms with Crippen LogP contribution in [0.2, 0.25) is 0 Å². The maximum Gasteiger partial charge on any atom is 0.220 e. The number of hydrogen-bond donors (Lipinski definition) is 0. The Morgan fingerprint density at radius 2 is 1.19 bits per heavy atom. The lowest BCUT2D eigenvalue weighted by molar-refractivity contribution is 0.318. The first kappa shape index (κ1) is 20.2. The third-order valence-corrected chi connectivity index (χ3v) is 15.9. The van der Waals surface area contributed by atoms with Gasteiger partial charge in [0.15, 0.2) is 8.07 Å². The molecule has 0 atom stereocenters. The van der Waals surface area contributed by atoms with Crippen molar-refractivity contribution in [2.75, 3.05) is 0 Å². The van der Waals surface area contributed by atoms with Gasteiger partial charge >= 0.3 is 0 Å². The highest BCUT2D eigenvalue weighted by atomic mass is 28.3. The van der Waals surface area contributed by atoms with Crippen molar-refractivity contribution in [1.82, 2.24) is 14.0 Å². The average Bonchev–Trinajstić information content (AvgIpc) is 2.16. The summed E-state index contributed by atoms with van der Waals surface area (Å²) in [6.07, 6.45) is -18.7. The van der Waals surface area contributed by atoms with Crippen LogP contribution in [0.1, 0.15) is 94.2 Å². The van der Waals surface area contributed by atoms with E-state index in [0.29, 0.717) is 32.5 Å². The number of fused-ring (bicyclic) bond motifs is 7. The van der Waals surface area contributed by atoms with E-state index in [4.69, 9.17) is 26.2 Å². The number of benzene rings is 7. The van der Waals surface area contributed by atoms with Crippen molar-refractivity contribution in [1.29, 1.82) is 0 Å². The van der Waals surface area contributed by atoms with Crippen molar-refractivity contribution in [2.45, 2.75) is 58.3 Å². The second kappa shape index (κ2) is 14.9. The second-order valence-electron chi connectivity index (χ2n) is 14.4. The topological polar surface area (TPSA) is 31.5 Å². The molecule has 1 aliphatic heterocycles. The van der Waals surface area contributed by atoms with E-state index in [1.54, 1.807) is 42.5 Å². The van der Waals surface area contributed by atoms with Crippen molar-refractivity contribution >= 4 is 56.7 Å². The number of rotatable bonds is 11. The van der Waals surface area contributed by atoms with E-state index in [1.807, 2.05) is 106 Å². The molecule has 7 aromatic carbocycles. The quantitative estimate of drug-likeness (QED) is 0.0963. The van der Waals surface area contributed by atoms with Crippen molar-refractivity contribution in [3.8, 4) is 17.2 Å². The molecule has 0 amide bonds. The van der Waals surface area contributed by atoms with Gasteiger partial charge in [-0.15, -0.1) is 0 Å². The normalized spacial score (nSPS) is 21.3. The Balaban J connectivity index is 1.41. The first-order valence-corrected chi connectivity index (χ1v) is 21.1. The predicted molar refractivity (Wildman–Crippen MR) is 249 cm³/mol.